The van der Waals surface area contributed by atoms with Crippen LogP contribution in [-0.2, 0) is 0 Å². The highest BCUT2D eigenvalue weighted by atomic mass is 35.5. The first-order chi connectivity index (χ1) is 13.2. The van der Waals surface area contributed by atoms with E-state index in [1.807, 2.05) is 49.4 Å². The van der Waals surface area contributed by atoms with Crippen LogP contribution in [0.3, 0.4) is 0 Å². The van der Waals surface area contributed by atoms with Crippen LogP contribution in [0, 0.1) is 0 Å². The molecule has 0 bridgehead atoms. The minimum Gasteiger partial charge on any atom is -0.497 e. The summed E-state index contributed by atoms with van der Waals surface area (Å²) in [5.41, 5.74) is 2.10. The molecule has 4 aromatic rings. The van der Waals surface area contributed by atoms with E-state index >= 15 is 0 Å². The molecule has 7 heteroatoms. The quantitative estimate of drug-likeness (QED) is 0.483. The van der Waals surface area contributed by atoms with Crippen LogP contribution in [0.5, 0.6) is 11.6 Å². The fourth-order valence-corrected chi connectivity index (χ4v) is 2.96. The largest absolute Gasteiger partial charge is 0.497 e. The molecule has 0 spiro atoms. The van der Waals surface area contributed by atoms with Crippen LogP contribution < -0.4 is 9.47 Å². The highest BCUT2D eigenvalue weighted by Gasteiger charge is 2.18. The molecule has 0 fully saturated rings. The van der Waals surface area contributed by atoms with Crippen LogP contribution in [0.1, 0.15) is 6.92 Å². The number of aromatic nitrogens is 3. The Balaban J connectivity index is 1.84. The van der Waals surface area contributed by atoms with Crippen molar-refractivity contribution >= 4 is 22.5 Å². The summed E-state index contributed by atoms with van der Waals surface area (Å²) in [5, 5.41) is 5.53. The van der Waals surface area contributed by atoms with Gasteiger partial charge in [-0.05, 0) is 43.3 Å². The molecule has 4 rings (SSSR count). The summed E-state index contributed by atoms with van der Waals surface area (Å²) < 4.78 is 16.4. The smallest absolute Gasteiger partial charge is 0.259 e. The Labute approximate surface area is 160 Å². The molecular formula is C20H16ClN3O3. The van der Waals surface area contributed by atoms with Gasteiger partial charge in [-0.1, -0.05) is 28.9 Å². The maximum absolute atomic E-state index is 6.23. The van der Waals surface area contributed by atoms with Gasteiger partial charge in [-0.2, -0.15) is 4.98 Å². The molecule has 0 saturated heterocycles. The van der Waals surface area contributed by atoms with Crippen molar-refractivity contribution in [1.82, 2.24) is 15.1 Å². The van der Waals surface area contributed by atoms with E-state index in [9.17, 15) is 0 Å². The first-order valence-electron chi connectivity index (χ1n) is 8.40. The SMILES string of the molecule is CCOc1nc2ccc(OC)cc2cc1-c1noc(-c2ccccc2Cl)n1. The molecule has 27 heavy (non-hydrogen) atoms. The minimum absolute atomic E-state index is 0.337. The minimum atomic E-state index is 0.337. The number of halogens is 1. The topological polar surface area (TPSA) is 70.3 Å². The molecule has 0 aliphatic carbocycles. The monoisotopic (exact) mass is 381 g/mol. The van der Waals surface area contributed by atoms with E-state index in [1.165, 1.54) is 0 Å². The molecule has 0 aliphatic rings. The molecule has 0 unspecified atom stereocenters. The lowest BCUT2D eigenvalue weighted by Crippen LogP contribution is -1.98. The van der Waals surface area contributed by atoms with Gasteiger partial charge in [-0.25, -0.2) is 4.98 Å². The molecular weight excluding hydrogens is 366 g/mol. The normalized spacial score (nSPS) is 10.9. The molecule has 0 radical (unpaired) electrons. The van der Waals surface area contributed by atoms with Crippen molar-refractivity contribution in [2.45, 2.75) is 6.92 Å². The van der Waals surface area contributed by atoms with Gasteiger partial charge >= 0.3 is 0 Å². The van der Waals surface area contributed by atoms with Gasteiger partial charge in [0.1, 0.15) is 5.75 Å². The number of fused-ring (bicyclic) bond motifs is 1. The fourth-order valence-electron chi connectivity index (χ4n) is 2.75. The number of pyridine rings is 1. The molecule has 6 nitrogen and oxygen atoms in total. The van der Waals surface area contributed by atoms with Crippen LogP contribution in [0.4, 0.5) is 0 Å². The molecule has 2 heterocycles. The lowest BCUT2D eigenvalue weighted by molar-refractivity contribution is 0.329. The third kappa shape index (κ3) is 3.31. The zero-order valence-electron chi connectivity index (χ0n) is 14.8. The summed E-state index contributed by atoms with van der Waals surface area (Å²) in [4.78, 5) is 9.08. The van der Waals surface area contributed by atoms with Crippen molar-refractivity contribution in [2.75, 3.05) is 13.7 Å². The van der Waals surface area contributed by atoms with Crippen molar-refractivity contribution in [1.29, 1.82) is 0 Å². The second-order valence-electron chi connectivity index (χ2n) is 5.74. The zero-order chi connectivity index (χ0) is 18.8. The predicted molar refractivity (Wildman–Crippen MR) is 103 cm³/mol. The Morgan fingerprint density at radius 1 is 1.04 bits per heavy atom. The fraction of sp³-hybridized carbons (Fsp3) is 0.150. The highest BCUT2D eigenvalue weighted by Crippen LogP contribution is 2.34. The van der Waals surface area contributed by atoms with E-state index < -0.39 is 0 Å². The summed E-state index contributed by atoms with van der Waals surface area (Å²) in [5.74, 6) is 1.90. The zero-order valence-corrected chi connectivity index (χ0v) is 15.5. The van der Waals surface area contributed by atoms with Gasteiger partial charge in [-0.15, -0.1) is 0 Å². The van der Waals surface area contributed by atoms with Gasteiger partial charge in [0.25, 0.3) is 5.89 Å². The average Bonchev–Trinajstić information content (AvgIpc) is 3.17. The number of rotatable bonds is 5. The maximum atomic E-state index is 6.23. The van der Waals surface area contributed by atoms with Crippen molar-refractivity contribution in [3.05, 3.63) is 53.6 Å². The van der Waals surface area contributed by atoms with Gasteiger partial charge < -0.3 is 14.0 Å². The van der Waals surface area contributed by atoms with E-state index in [2.05, 4.69) is 15.1 Å². The van der Waals surface area contributed by atoms with Crippen molar-refractivity contribution in [3.8, 4) is 34.5 Å². The molecule has 0 N–H and O–H groups in total. The third-order valence-corrected chi connectivity index (χ3v) is 4.37. The lowest BCUT2D eigenvalue weighted by Gasteiger charge is -2.09. The van der Waals surface area contributed by atoms with E-state index in [0.29, 0.717) is 40.4 Å². The van der Waals surface area contributed by atoms with Crippen molar-refractivity contribution < 1.29 is 14.0 Å². The molecule has 0 atom stereocenters. The van der Waals surface area contributed by atoms with Crippen LogP contribution in [0.15, 0.2) is 53.1 Å². The van der Waals surface area contributed by atoms with Gasteiger partial charge in [-0.3, -0.25) is 0 Å². The van der Waals surface area contributed by atoms with Crippen LogP contribution in [0.25, 0.3) is 33.7 Å². The second-order valence-corrected chi connectivity index (χ2v) is 6.14. The van der Waals surface area contributed by atoms with Crippen LogP contribution in [-0.4, -0.2) is 28.8 Å². The van der Waals surface area contributed by atoms with Crippen molar-refractivity contribution in [3.63, 3.8) is 0 Å². The summed E-state index contributed by atoms with van der Waals surface area (Å²) >= 11 is 6.23. The van der Waals surface area contributed by atoms with Gasteiger partial charge in [0, 0.05) is 5.39 Å². The van der Waals surface area contributed by atoms with Crippen LogP contribution in [0.2, 0.25) is 5.02 Å². The number of ether oxygens (including phenoxy) is 2. The van der Waals surface area contributed by atoms with E-state index in [0.717, 1.165) is 16.7 Å². The Morgan fingerprint density at radius 3 is 2.67 bits per heavy atom. The molecule has 0 amide bonds. The van der Waals surface area contributed by atoms with Crippen molar-refractivity contribution in [2.24, 2.45) is 0 Å². The molecule has 0 saturated carbocycles. The third-order valence-electron chi connectivity index (χ3n) is 4.04. The first kappa shape index (κ1) is 17.3. The van der Waals surface area contributed by atoms with Gasteiger partial charge in [0.15, 0.2) is 0 Å². The number of methoxy groups -OCH3 is 1. The number of hydrogen-bond acceptors (Lipinski definition) is 6. The summed E-state index contributed by atoms with van der Waals surface area (Å²) in [6.07, 6.45) is 0. The molecule has 2 aromatic heterocycles. The average molecular weight is 382 g/mol. The Hall–Kier alpha value is -3.12. The maximum Gasteiger partial charge on any atom is 0.259 e. The van der Waals surface area contributed by atoms with E-state index in [-0.39, 0.29) is 0 Å². The number of hydrogen-bond donors (Lipinski definition) is 0. The number of nitrogens with zero attached hydrogens (tertiary/aromatic N) is 3. The molecule has 136 valence electrons. The summed E-state index contributed by atoms with van der Waals surface area (Å²) in [6, 6.07) is 14.9. The van der Waals surface area contributed by atoms with Gasteiger partial charge in [0.2, 0.25) is 11.7 Å². The standard InChI is InChI=1S/C20H16ClN3O3/c1-3-26-19-15(11-12-10-13(25-2)8-9-17(12)22-19)18-23-20(27-24-18)14-6-4-5-7-16(14)21/h4-11H,3H2,1-2H3. The van der Waals surface area contributed by atoms with Gasteiger partial charge in [0.05, 0.1) is 35.4 Å². The highest BCUT2D eigenvalue weighted by molar-refractivity contribution is 6.33. The predicted octanol–water partition coefficient (Wildman–Crippen LogP) is 5.01. The summed E-state index contributed by atoms with van der Waals surface area (Å²) in [7, 11) is 1.62. The first-order valence-corrected chi connectivity index (χ1v) is 8.78. The van der Waals surface area contributed by atoms with E-state index in [4.69, 9.17) is 25.6 Å². The summed E-state index contributed by atoms with van der Waals surface area (Å²) in [6.45, 7) is 2.37. The van der Waals surface area contributed by atoms with E-state index in [1.54, 1.807) is 13.2 Å². The Bertz CT molecular complexity index is 1110. The lowest BCUT2D eigenvalue weighted by atomic mass is 10.1. The Kier molecular flexibility index (Phi) is 4.64. The van der Waals surface area contributed by atoms with Crippen LogP contribution >= 0.6 is 11.6 Å². The number of benzene rings is 2. The molecule has 2 aromatic carbocycles. The Morgan fingerprint density at radius 2 is 1.89 bits per heavy atom. The second kappa shape index (κ2) is 7.25. The molecule has 0 aliphatic heterocycles.